The predicted octanol–water partition coefficient (Wildman–Crippen LogP) is 3.47. The second-order valence-corrected chi connectivity index (χ2v) is 5.78. The van der Waals surface area contributed by atoms with Crippen LogP contribution in [0, 0.1) is 0 Å². The van der Waals surface area contributed by atoms with Gasteiger partial charge < -0.3 is 14.8 Å². The fraction of sp³-hybridized carbons (Fsp3) is 0.278. The number of benzene rings is 2. The fourth-order valence-electron chi connectivity index (χ4n) is 2.42. The summed E-state index contributed by atoms with van der Waals surface area (Å²) in [5.74, 6) is 1.20. The third-order valence-electron chi connectivity index (χ3n) is 3.60. The number of amides is 1. The molecule has 4 nitrogen and oxygen atoms in total. The van der Waals surface area contributed by atoms with E-state index < -0.39 is 0 Å². The van der Waals surface area contributed by atoms with Gasteiger partial charge in [-0.1, -0.05) is 23.7 Å². The molecule has 23 heavy (non-hydrogen) atoms. The van der Waals surface area contributed by atoms with E-state index in [1.807, 2.05) is 24.3 Å². The standard InChI is InChI=1S/C18H18ClNO3/c19-15-4-1-3-13(11-15)7-8-20-18(21)14-5-6-16-17(12-14)23-10-2-9-22-16/h1,3-6,11-12H,2,7-10H2,(H,20,21). The van der Waals surface area contributed by atoms with Crippen LogP contribution >= 0.6 is 11.6 Å². The second kappa shape index (κ2) is 7.38. The van der Waals surface area contributed by atoms with E-state index in [1.165, 1.54) is 0 Å². The van der Waals surface area contributed by atoms with E-state index in [2.05, 4.69) is 5.32 Å². The lowest BCUT2D eigenvalue weighted by molar-refractivity contribution is 0.0953. The van der Waals surface area contributed by atoms with Crippen molar-refractivity contribution in [2.75, 3.05) is 19.8 Å². The first-order valence-electron chi connectivity index (χ1n) is 7.65. The summed E-state index contributed by atoms with van der Waals surface area (Å²) in [7, 11) is 0. The van der Waals surface area contributed by atoms with E-state index in [0.29, 0.717) is 41.8 Å². The summed E-state index contributed by atoms with van der Waals surface area (Å²) in [4.78, 5) is 12.2. The molecule has 5 heteroatoms. The van der Waals surface area contributed by atoms with Gasteiger partial charge >= 0.3 is 0 Å². The Morgan fingerprint density at radius 1 is 1.09 bits per heavy atom. The van der Waals surface area contributed by atoms with Crippen molar-refractivity contribution in [1.29, 1.82) is 0 Å². The van der Waals surface area contributed by atoms with Crippen molar-refractivity contribution >= 4 is 17.5 Å². The number of hydrogen-bond donors (Lipinski definition) is 1. The topological polar surface area (TPSA) is 47.6 Å². The lowest BCUT2D eigenvalue weighted by Crippen LogP contribution is -2.25. The normalized spacial score (nSPS) is 13.3. The molecular formula is C18H18ClNO3. The van der Waals surface area contributed by atoms with Crippen molar-refractivity contribution in [3.63, 3.8) is 0 Å². The number of halogens is 1. The molecule has 0 unspecified atom stereocenters. The molecule has 0 fully saturated rings. The molecule has 0 radical (unpaired) electrons. The average Bonchev–Trinajstić information content (AvgIpc) is 2.79. The minimum absolute atomic E-state index is 0.123. The summed E-state index contributed by atoms with van der Waals surface area (Å²) in [6, 6.07) is 12.9. The molecule has 0 aromatic heterocycles. The maximum Gasteiger partial charge on any atom is 0.251 e. The van der Waals surface area contributed by atoms with Crippen LogP contribution in [0.3, 0.4) is 0 Å². The van der Waals surface area contributed by atoms with Crippen LogP contribution in [0.5, 0.6) is 11.5 Å². The first kappa shape index (κ1) is 15.7. The van der Waals surface area contributed by atoms with Crippen LogP contribution in [0.25, 0.3) is 0 Å². The highest BCUT2D eigenvalue weighted by Crippen LogP contribution is 2.30. The number of rotatable bonds is 4. The van der Waals surface area contributed by atoms with Crippen LogP contribution in [-0.2, 0) is 6.42 Å². The zero-order valence-electron chi connectivity index (χ0n) is 12.7. The zero-order valence-corrected chi connectivity index (χ0v) is 13.4. The number of carbonyl (C=O) groups is 1. The van der Waals surface area contributed by atoms with E-state index in [9.17, 15) is 4.79 Å². The Balaban J connectivity index is 1.59. The van der Waals surface area contributed by atoms with Gasteiger partial charge in [0.1, 0.15) is 0 Å². The number of ether oxygens (including phenoxy) is 2. The first-order chi connectivity index (χ1) is 11.2. The summed E-state index contributed by atoms with van der Waals surface area (Å²) in [5.41, 5.74) is 1.66. The van der Waals surface area contributed by atoms with Crippen molar-refractivity contribution in [2.24, 2.45) is 0 Å². The van der Waals surface area contributed by atoms with E-state index in [1.54, 1.807) is 18.2 Å². The molecule has 0 saturated heterocycles. The fourth-order valence-corrected chi connectivity index (χ4v) is 2.63. The second-order valence-electron chi connectivity index (χ2n) is 5.35. The van der Waals surface area contributed by atoms with Gasteiger partial charge in [-0.05, 0) is 42.3 Å². The number of fused-ring (bicyclic) bond motifs is 1. The summed E-state index contributed by atoms with van der Waals surface area (Å²) >= 11 is 5.95. The van der Waals surface area contributed by atoms with Gasteiger partial charge in [0.2, 0.25) is 0 Å². The SMILES string of the molecule is O=C(NCCc1cccc(Cl)c1)c1ccc2c(c1)OCCCO2. The lowest BCUT2D eigenvalue weighted by atomic mass is 10.1. The van der Waals surface area contributed by atoms with E-state index in [4.69, 9.17) is 21.1 Å². The van der Waals surface area contributed by atoms with Crippen molar-refractivity contribution in [1.82, 2.24) is 5.32 Å². The maximum atomic E-state index is 12.2. The molecule has 3 rings (SSSR count). The molecule has 1 amide bonds. The Hall–Kier alpha value is -2.20. The molecule has 1 aliphatic heterocycles. The van der Waals surface area contributed by atoms with Crippen molar-refractivity contribution < 1.29 is 14.3 Å². The minimum atomic E-state index is -0.123. The number of nitrogens with one attached hydrogen (secondary N) is 1. The summed E-state index contributed by atoms with van der Waals surface area (Å²) in [6.45, 7) is 1.79. The third kappa shape index (κ3) is 4.17. The Morgan fingerprint density at radius 2 is 1.91 bits per heavy atom. The largest absolute Gasteiger partial charge is 0.490 e. The van der Waals surface area contributed by atoms with Crippen LogP contribution < -0.4 is 14.8 Å². The maximum absolute atomic E-state index is 12.2. The molecule has 1 N–H and O–H groups in total. The molecule has 2 aromatic carbocycles. The van der Waals surface area contributed by atoms with Gasteiger partial charge in [0.25, 0.3) is 5.91 Å². The molecule has 1 aliphatic rings. The number of carbonyl (C=O) groups excluding carboxylic acids is 1. The van der Waals surface area contributed by atoms with E-state index >= 15 is 0 Å². The Morgan fingerprint density at radius 3 is 2.74 bits per heavy atom. The molecule has 0 atom stereocenters. The first-order valence-corrected chi connectivity index (χ1v) is 8.02. The van der Waals surface area contributed by atoms with Crippen LogP contribution in [0.1, 0.15) is 22.3 Å². The van der Waals surface area contributed by atoms with E-state index in [0.717, 1.165) is 18.4 Å². The van der Waals surface area contributed by atoms with Crippen molar-refractivity contribution in [3.8, 4) is 11.5 Å². The van der Waals surface area contributed by atoms with Gasteiger partial charge in [0, 0.05) is 23.6 Å². The van der Waals surface area contributed by atoms with Crippen molar-refractivity contribution in [3.05, 3.63) is 58.6 Å². The Labute approximate surface area is 140 Å². The van der Waals surface area contributed by atoms with Gasteiger partial charge in [-0.3, -0.25) is 4.79 Å². The monoisotopic (exact) mass is 331 g/mol. The molecule has 0 saturated carbocycles. The van der Waals surface area contributed by atoms with Crippen molar-refractivity contribution in [2.45, 2.75) is 12.8 Å². The zero-order chi connectivity index (χ0) is 16.1. The molecule has 0 spiro atoms. The van der Waals surface area contributed by atoms with Crippen LogP contribution in [0.4, 0.5) is 0 Å². The highest BCUT2D eigenvalue weighted by molar-refractivity contribution is 6.30. The predicted molar refractivity (Wildman–Crippen MR) is 89.5 cm³/mol. The molecule has 1 heterocycles. The Kier molecular flexibility index (Phi) is 5.03. The van der Waals surface area contributed by atoms with Crippen LogP contribution in [-0.4, -0.2) is 25.7 Å². The van der Waals surface area contributed by atoms with Gasteiger partial charge in [-0.15, -0.1) is 0 Å². The van der Waals surface area contributed by atoms with Crippen LogP contribution in [0.2, 0.25) is 5.02 Å². The smallest absolute Gasteiger partial charge is 0.251 e. The average molecular weight is 332 g/mol. The number of hydrogen-bond acceptors (Lipinski definition) is 3. The van der Waals surface area contributed by atoms with Gasteiger partial charge in [-0.2, -0.15) is 0 Å². The molecule has 2 aromatic rings. The summed E-state index contributed by atoms with van der Waals surface area (Å²) < 4.78 is 11.2. The lowest BCUT2D eigenvalue weighted by Gasteiger charge is -2.10. The Bertz CT molecular complexity index is 702. The summed E-state index contributed by atoms with van der Waals surface area (Å²) in [6.07, 6.45) is 1.58. The highest BCUT2D eigenvalue weighted by Gasteiger charge is 2.13. The van der Waals surface area contributed by atoms with Crippen LogP contribution in [0.15, 0.2) is 42.5 Å². The molecular weight excluding hydrogens is 314 g/mol. The summed E-state index contributed by atoms with van der Waals surface area (Å²) in [5, 5.41) is 3.62. The van der Waals surface area contributed by atoms with Gasteiger partial charge in [0.15, 0.2) is 11.5 Å². The quantitative estimate of drug-likeness (QED) is 0.933. The molecule has 120 valence electrons. The third-order valence-corrected chi connectivity index (χ3v) is 3.83. The highest BCUT2D eigenvalue weighted by atomic mass is 35.5. The van der Waals surface area contributed by atoms with E-state index in [-0.39, 0.29) is 5.91 Å². The van der Waals surface area contributed by atoms with Gasteiger partial charge in [-0.25, -0.2) is 0 Å². The molecule has 0 bridgehead atoms. The van der Waals surface area contributed by atoms with Gasteiger partial charge in [0.05, 0.1) is 13.2 Å². The minimum Gasteiger partial charge on any atom is -0.490 e. The molecule has 0 aliphatic carbocycles.